The Kier molecular flexibility index (Phi) is 4.00. The van der Waals surface area contributed by atoms with Gasteiger partial charge in [-0.1, -0.05) is 31.9 Å². The number of alkyl halides is 2. The van der Waals surface area contributed by atoms with E-state index in [-0.39, 0.29) is 15.0 Å². The molecular formula is C8H6Br2FNO2. The first-order valence-corrected chi connectivity index (χ1v) is 5.41. The minimum Gasteiger partial charge on any atom is -0.465 e. The smallest absolute Gasteiger partial charge is 0.339 e. The molecule has 0 atom stereocenters. The van der Waals surface area contributed by atoms with Crippen LogP contribution in [-0.2, 0) is 4.74 Å². The molecule has 1 aromatic heterocycles. The van der Waals surface area contributed by atoms with Crippen LogP contribution in [0.1, 0.15) is 19.8 Å². The summed E-state index contributed by atoms with van der Waals surface area (Å²) in [5.74, 6) is -1.17. The van der Waals surface area contributed by atoms with Crippen molar-refractivity contribution < 1.29 is 13.9 Å². The first kappa shape index (κ1) is 11.6. The number of carbonyl (C=O) groups is 1. The van der Waals surface area contributed by atoms with Crippen molar-refractivity contribution in [1.29, 1.82) is 0 Å². The molecule has 1 aromatic rings. The summed E-state index contributed by atoms with van der Waals surface area (Å²) >= 11 is 6.22. The van der Waals surface area contributed by atoms with Crippen LogP contribution in [0.15, 0.2) is 12.3 Å². The molecule has 6 heteroatoms. The summed E-state index contributed by atoms with van der Waals surface area (Å²) < 4.78 is 17.3. The van der Waals surface area contributed by atoms with E-state index in [1.54, 1.807) is 0 Å². The third kappa shape index (κ3) is 2.51. The highest BCUT2D eigenvalue weighted by molar-refractivity contribution is 9.24. The van der Waals surface area contributed by atoms with E-state index in [1.165, 1.54) is 13.3 Å². The normalized spacial score (nSPS) is 10.4. The number of ether oxygens (including phenoxy) is 1. The number of hydrogen-bond donors (Lipinski definition) is 0. The zero-order valence-electron chi connectivity index (χ0n) is 7.13. The fraction of sp³-hybridized carbons (Fsp3) is 0.250. The second-order valence-corrected chi connectivity index (χ2v) is 5.44. The van der Waals surface area contributed by atoms with Crippen LogP contribution in [0.4, 0.5) is 4.39 Å². The Morgan fingerprint density at radius 2 is 2.29 bits per heavy atom. The van der Waals surface area contributed by atoms with Crippen molar-refractivity contribution >= 4 is 37.8 Å². The van der Waals surface area contributed by atoms with Crippen molar-refractivity contribution in [2.24, 2.45) is 0 Å². The molecule has 1 heterocycles. The highest BCUT2D eigenvalue weighted by Crippen LogP contribution is 2.29. The van der Waals surface area contributed by atoms with Gasteiger partial charge >= 0.3 is 5.97 Å². The Balaban J connectivity index is 3.06. The van der Waals surface area contributed by atoms with Gasteiger partial charge in [-0.2, -0.15) is 0 Å². The topological polar surface area (TPSA) is 39.2 Å². The summed E-state index contributed by atoms with van der Waals surface area (Å²) in [6.07, 6.45) is 1.26. The number of methoxy groups -OCH3 is 1. The summed E-state index contributed by atoms with van der Waals surface area (Å²) in [6, 6.07) is 1.09. The van der Waals surface area contributed by atoms with Crippen LogP contribution in [0.2, 0.25) is 0 Å². The number of hydrogen-bond acceptors (Lipinski definition) is 3. The number of carbonyl (C=O) groups excluding carboxylic acids is 1. The van der Waals surface area contributed by atoms with E-state index in [1.807, 2.05) is 0 Å². The Bertz CT molecular complexity index is 357. The second kappa shape index (κ2) is 4.84. The molecule has 0 aromatic carbocycles. The van der Waals surface area contributed by atoms with Crippen molar-refractivity contribution in [3.63, 3.8) is 0 Å². The van der Waals surface area contributed by atoms with Crippen LogP contribution in [0.5, 0.6) is 0 Å². The highest BCUT2D eigenvalue weighted by atomic mass is 79.9. The van der Waals surface area contributed by atoms with E-state index >= 15 is 0 Å². The molecule has 0 aliphatic carbocycles. The lowest BCUT2D eigenvalue weighted by Crippen LogP contribution is -2.04. The molecule has 76 valence electrons. The first-order chi connectivity index (χ1) is 6.56. The molecule has 0 unspecified atom stereocenters. The van der Waals surface area contributed by atoms with Crippen molar-refractivity contribution in [1.82, 2.24) is 4.98 Å². The van der Waals surface area contributed by atoms with Crippen molar-refractivity contribution in [3.05, 3.63) is 29.3 Å². The Morgan fingerprint density at radius 3 is 2.71 bits per heavy atom. The van der Waals surface area contributed by atoms with E-state index in [0.29, 0.717) is 0 Å². The summed E-state index contributed by atoms with van der Waals surface area (Å²) in [6.45, 7) is 0. The first-order valence-electron chi connectivity index (χ1n) is 3.58. The van der Waals surface area contributed by atoms with Gasteiger partial charge < -0.3 is 4.74 Å². The lowest BCUT2D eigenvalue weighted by atomic mass is 10.2. The molecule has 0 saturated heterocycles. The molecule has 0 saturated carbocycles. The lowest BCUT2D eigenvalue weighted by Gasteiger charge is -2.04. The van der Waals surface area contributed by atoms with Crippen molar-refractivity contribution in [2.45, 2.75) is 3.74 Å². The predicted octanol–water partition coefficient (Wildman–Crippen LogP) is 2.80. The van der Waals surface area contributed by atoms with Crippen molar-refractivity contribution in [2.75, 3.05) is 7.11 Å². The highest BCUT2D eigenvalue weighted by Gasteiger charge is 2.14. The molecule has 14 heavy (non-hydrogen) atoms. The minimum atomic E-state index is -0.608. The Labute approximate surface area is 96.9 Å². The molecule has 0 spiro atoms. The molecule has 0 amide bonds. The number of nitrogens with zero attached hydrogens (tertiary/aromatic N) is 1. The van der Waals surface area contributed by atoms with Crippen LogP contribution in [0.25, 0.3) is 0 Å². The second-order valence-electron chi connectivity index (χ2n) is 2.38. The summed E-state index contributed by atoms with van der Waals surface area (Å²) in [7, 11) is 1.23. The maximum Gasteiger partial charge on any atom is 0.339 e. The Hall–Kier alpha value is -0.490. The van der Waals surface area contributed by atoms with Crippen LogP contribution in [-0.4, -0.2) is 18.1 Å². The third-order valence-electron chi connectivity index (χ3n) is 1.50. The lowest BCUT2D eigenvalue weighted by molar-refractivity contribution is 0.0599. The predicted molar refractivity (Wildman–Crippen MR) is 56.1 cm³/mol. The van der Waals surface area contributed by atoms with Gasteiger partial charge in [0.15, 0.2) is 0 Å². The molecular weight excluding hydrogens is 321 g/mol. The van der Waals surface area contributed by atoms with Gasteiger partial charge in [0.05, 0.1) is 12.7 Å². The molecule has 0 bridgehead atoms. The molecule has 0 aliphatic rings. The fourth-order valence-corrected chi connectivity index (χ4v) is 1.51. The van der Waals surface area contributed by atoms with Gasteiger partial charge in [-0.25, -0.2) is 9.18 Å². The molecule has 0 fully saturated rings. The van der Waals surface area contributed by atoms with E-state index in [2.05, 4.69) is 41.6 Å². The summed E-state index contributed by atoms with van der Waals surface area (Å²) in [5, 5.41) is 0. The van der Waals surface area contributed by atoms with E-state index in [4.69, 9.17) is 0 Å². The maximum atomic E-state index is 13.3. The zero-order chi connectivity index (χ0) is 10.7. The summed E-state index contributed by atoms with van der Waals surface area (Å²) in [4.78, 5) is 14.8. The van der Waals surface area contributed by atoms with Gasteiger partial charge in [0, 0.05) is 6.20 Å². The van der Waals surface area contributed by atoms with E-state index in [0.717, 1.165) is 6.07 Å². The SMILES string of the molecule is COC(=O)c1cnc(C(Br)Br)c(F)c1. The van der Waals surface area contributed by atoms with E-state index < -0.39 is 11.8 Å². The van der Waals surface area contributed by atoms with Gasteiger partial charge in [-0.15, -0.1) is 0 Å². The molecule has 0 N–H and O–H groups in total. The van der Waals surface area contributed by atoms with Gasteiger partial charge in [-0.3, -0.25) is 4.98 Å². The standard InChI is InChI=1S/C8H6Br2FNO2/c1-14-8(13)4-2-5(11)6(7(9)10)12-3-4/h2-3,7H,1H3. The van der Waals surface area contributed by atoms with E-state index in [9.17, 15) is 9.18 Å². The molecule has 0 radical (unpaired) electrons. The fourth-order valence-electron chi connectivity index (χ4n) is 0.839. The average molecular weight is 327 g/mol. The monoisotopic (exact) mass is 325 g/mol. The van der Waals surface area contributed by atoms with Crippen LogP contribution in [0.3, 0.4) is 0 Å². The number of esters is 1. The number of rotatable bonds is 2. The molecule has 1 rings (SSSR count). The van der Waals surface area contributed by atoms with Crippen molar-refractivity contribution in [3.8, 4) is 0 Å². The Morgan fingerprint density at radius 1 is 1.64 bits per heavy atom. The van der Waals surface area contributed by atoms with Gasteiger partial charge in [0.1, 0.15) is 15.2 Å². The molecule has 3 nitrogen and oxygen atoms in total. The largest absolute Gasteiger partial charge is 0.465 e. The minimum absolute atomic E-state index is 0.0920. The zero-order valence-corrected chi connectivity index (χ0v) is 10.3. The number of aromatic nitrogens is 1. The maximum absolute atomic E-state index is 13.3. The van der Waals surface area contributed by atoms with Gasteiger partial charge in [0.25, 0.3) is 0 Å². The third-order valence-corrected chi connectivity index (χ3v) is 2.36. The van der Waals surface area contributed by atoms with Crippen LogP contribution >= 0.6 is 31.9 Å². The number of pyridine rings is 1. The quantitative estimate of drug-likeness (QED) is 0.619. The molecule has 0 aliphatic heterocycles. The van der Waals surface area contributed by atoms with Crippen LogP contribution < -0.4 is 0 Å². The van der Waals surface area contributed by atoms with Crippen LogP contribution in [0, 0.1) is 5.82 Å². The summed E-state index contributed by atoms with van der Waals surface area (Å²) in [5.41, 5.74) is 0.284. The average Bonchev–Trinajstić information content (AvgIpc) is 2.15. The van der Waals surface area contributed by atoms with Gasteiger partial charge in [-0.05, 0) is 6.07 Å². The number of halogens is 3. The van der Waals surface area contributed by atoms with Gasteiger partial charge in [0.2, 0.25) is 0 Å².